The number of aryl methyl sites for hydroxylation is 1. The van der Waals surface area contributed by atoms with Crippen molar-refractivity contribution in [3.05, 3.63) is 54.1 Å². The SMILES string of the molecule is CCOc1ccccc1N(CCCC(=O)N[C@H](C)COc1ccccc1C)S(C)(=O)=O. The first-order valence-corrected chi connectivity index (χ1v) is 12.2. The van der Waals surface area contributed by atoms with E-state index in [-0.39, 0.29) is 24.9 Å². The van der Waals surface area contributed by atoms with Gasteiger partial charge < -0.3 is 14.8 Å². The summed E-state index contributed by atoms with van der Waals surface area (Å²) in [5, 5.41) is 2.90. The van der Waals surface area contributed by atoms with Gasteiger partial charge in [-0.15, -0.1) is 0 Å². The first-order valence-electron chi connectivity index (χ1n) is 10.4. The number of carbonyl (C=O) groups excluding carboxylic acids is 1. The molecule has 0 aliphatic rings. The van der Waals surface area contributed by atoms with E-state index in [9.17, 15) is 13.2 Å². The lowest BCUT2D eigenvalue weighted by Crippen LogP contribution is -2.37. The monoisotopic (exact) mass is 448 g/mol. The average molecular weight is 449 g/mol. The van der Waals surface area contributed by atoms with Crippen molar-refractivity contribution in [2.75, 3.05) is 30.3 Å². The van der Waals surface area contributed by atoms with Gasteiger partial charge in [0.2, 0.25) is 15.9 Å². The molecule has 0 aliphatic heterocycles. The van der Waals surface area contributed by atoms with E-state index in [0.717, 1.165) is 17.6 Å². The summed E-state index contributed by atoms with van der Waals surface area (Å²) >= 11 is 0. The maximum absolute atomic E-state index is 12.3. The van der Waals surface area contributed by atoms with Gasteiger partial charge in [-0.25, -0.2) is 8.42 Å². The van der Waals surface area contributed by atoms with Crippen LogP contribution in [0.2, 0.25) is 0 Å². The third-order valence-corrected chi connectivity index (χ3v) is 5.77. The summed E-state index contributed by atoms with van der Waals surface area (Å²) in [4.78, 5) is 12.3. The molecule has 1 atom stereocenters. The van der Waals surface area contributed by atoms with Crippen molar-refractivity contribution in [1.29, 1.82) is 0 Å². The Morgan fingerprint density at radius 3 is 2.35 bits per heavy atom. The summed E-state index contributed by atoms with van der Waals surface area (Å²) in [7, 11) is -3.52. The highest BCUT2D eigenvalue weighted by Crippen LogP contribution is 2.30. The number of sulfonamides is 1. The Hall–Kier alpha value is -2.74. The molecule has 0 aromatic heterocycles. The normalized spacial score (nSPS) is 12.1. The van der Waals surface area contributed by atoms with Crippen LogP contribution < -0.4 is 19.1 Å². The zero-order chi connectivity index (χ0) is 22.9. The first kappa shape index (κ1) is 24.5. The molecule has 0 heterocycles. The predicted molar refractivity (Wildman–Crippen MR) is 123 cm³/mol. The number of hydrogen-bond acceptors (Lipinski definition) is 5. The molecule has 0 radical (unpaired) electrons. The van der Waals surface area contributed by atoms with E-state index in [2.05, 4.69) is 5.32 Å². The van der Waals surface area contributed by atoms with Crippen molar-refractivity contribution >= 4 is 21.6 Å². The molecular formula is C23H32N2O5S. The number of hydrogen-bond donors (Lipinski definition) is 1. The van der Waals surface area contributed by atoms with Crippen molar-refractivity contribution in [1.82, 2.24) is 5.32 Å². The lowest BCUT2D eigenvalue weighted by Gasteiger charge is -2.24. The van der Waals surface area contributed by atoms with Gasteiger partial charge in [-0.3, -0.25) is 9.10 Å². The number of anilines is 1. The van der Waals surface area contributed by atoms with Crippen LogP contribution in [0.5, 0.6) is 11.5 Å². The molecular weight excluding hydrogens is 416 g/mol. The molecule has 31 heavy (non-hydrogen) atoms. The van der Waals surface area contributed by atoms with Crippen LogP contribution in [0.25, 0.3) is 0 Å². The minimum Gasteiger partial charge on any atom is -0.492 e. The van der Waals surface area contributed by atoms with Gasteiger partial charge in [0.1, 0.15) is 18.1 Å². The fraction of sp³-hybridized carbons (Fsp3) is 0.435. The van der Waals surface area contributed by atoms with E-state index in [0.29, 0.717) is 31.1 Å². The first-order chi connectivity index (χ1) is 14.7. The summed E-state index contributed by atoms with van der Waals surface area (Å²) in [5.74, 6) is 1.15. The molecule has 8 heteroatoms. The minimum atomic E-state index is -3.52. The zero-order valence-corrected chi connectivity index (χ0v) is 19.4. The summed E-state index contributed by atoms with van der Waals surface area (Å²) in [6.07, 6.45) is 1.74. The Balaban J connectivity index is 1.88. The zero-order valence-electron chi connectivity index (χ0n) is 18.6. The average Bonchev–Trinajstić information content (AvgIpc) is 2.71. The van der Waals surface area contributed by atoms with Crippen LogP contribution in [0.3, 0.4) is 0 Å². The van der Waals surface area contributed by atoms with Gasteiger partial charge >= 0.3 is 0 Å². The second-order valence-corrected chi connectivity index (χ2v) is 9.29. The number of carbonyl (C=O) groups is 1. The fourth-order valence-electron chi connectivity index (χ4n) is 3.11. The van der Waals surface area contributed by atoms with E-state index in [1.54, 1.807) is 24.3 Å². The van der Waals surface area contributed by atoms with Gasteiger partial charge in [0.05, 0.1) is 24.6 Å². The molecule has 1 amide bonds. The standard InChI is InChI=1S/C23H32N2O5S/c1-5-29-22-14-9-7-12-20(22)25(31(4,27)28)16-10-15-23(26)24-19(3)17-30-21-13-8-6-11-18(21)2/h6-9,11-14,19H,5,10,15-17H2,1-4H3,(H,24,26)/t19-/m1/s1. The van der Waals surface area contributed by atoms with Crippen LogP contribution in [0, 0.1) is 6.92 Å². The predicted octanol–water partition coefficient (Wildman–Crippen LogP) is 3.52. The van der Waals surface area contributed by atoms with Crippen LogP contribution in [0.1, 0.15) is 32.3 Å². The molecule has 0 saturated heterocycles. The summed E-state index contributed by atoms with van der Waals surface area (Å²) in [5.41, 5.74) is 1.52. The Kier molecular flexibility index (Phi) is 9.18. The number of nitrogens with one attached hydrogen (secondary N) is 1. The molecule has 0 fully saturated rings. The highest BCUT2D eigenvalue weighted by molar-refractivity contribution is 7.92. The third-order valence-electron chi connectivity index (χ3n) is 4.59. The number of nitrogens with zero attached hydrogens (tertiary/aromatic N) is 1. The molecule has 170 valence electrons. The Labute approximate surface area is 185 Å². The number of rotatable bonds is 12. The largest absolute Gasteiger partial charge is 0.492 e. The maximum Gasteiger partial charge on any atom is 0.232 e. The lowest BCUT2D eigenvalue weighted by molar-refractivity contribution is -0.121. The molecule has 0 aliphatic carbocycles. The van der Waals surface area contributed by atoms with Gasteiger partial charge in [0.25, 0.3) is 0 Å². The maximum atomic E-state index is 12.3. The molecule has 2 aromatic carbocycles. The van der Waals surface area contributed by atoms with Crippen LogP contribution in [0.4, 0.5) is 5.69 Å². The Morgan fingerprint density at radius 1 is 1.06 bits per heavy atom. The molecule has 0 saturated carbocycles. The molecule has 2 aromatic rings. The van der Waals surface area contributed by atoms with Crippen LogP contribution >= 0.6 is 0 Å². The molecule has 1 N–H and O–H groups in total. The number of amides is 1. The van der Waals surface area contributed by atoms with Crippen molar-refractivity contribution in [3.8, 4) is 11.5 Å². The van der Waals surface area contributed by atoms with Gasteiger partial charge in [-0.2, -0.15) is 0 Å². The van der Waals surface area contributed by atoms with E-state index in [1.807, 2.05) is 45.0 Å². The molecule has 7 nitrogen and oxygen atoms in total. The van der Waals surface area contributed by atoms with Gasteiger partial charge in [0.15, 0.2) is 0 Å². The van der Waals surface area contributed by atoms with Crippen LogP contribution in [0.15, 0.2) is 48.5 Å². The molecule has 0 bridgehead atoms. The number of ether oxygens (including phenoxy) is 2. The van der Waals surface area contributed by atoms with E-state index in [4.69, 9.17) is 9.47 Å². The second-order valence-electron chi connectivity index (χ2n) is 7.38. The Morgan fingerprint density at radius 2 is 1.71 bits per heavy atom. The third kappa shape index (κ3) is 7.79. The highest BCUT2D eigenvalue weighted by atomic mass is 32.2. The van der Waals surface area contributed by atoms with Crippen LogP contribution in [-0.4, -0.2) is 46.4 Å². The van der Waals surface area contributed by atoms with E-state index >= 15 is 0 Å². The number of para-hydroxylation sites is 3. The summed E-state index contributed by atoms with van der Waals surface area (Å²) < 4.78 is 37.3. The smallest absolute Gasteiger partial charge is 0.232 e. The summed E-state index contributed by atoms with van der Waals surface area (Å²) in [6.45, 7) is 6.65. The molecule has 0 spiro atoms. The highest BCUT2D eigenvalue weighted by Gasteiger charge is 2.21. The summed E-state index contributed by atoms with van der Waals surface area (Å²) in [6, 6.07) is 14.5. The van der Waals surface area contributed by atoms with Gasteiger partial charge in [0, 0.05) is 13.0 Å². The van der Waals surface area contributed by atoms with Crippen molar-refractivity contribution in [3.63, 3.8) is 0 Å². The molecule has 2 rings (SSSR count). The molecule has 0 unspecified atom stereocenters. The van der Waals surface area contributed by atoms with E-state index < -0.39 is 10.0 Å². The van der Waals surface area contributed by atoms with Crippen molar-refractivity contribution in [2.24, 2.45) is 0 Å². The van der Waals surface area contributed by atoms with Crippen molar-refractivity contribution < 1.29 is 22.7 Å². The van der Waals surface area contributed by atoms with Gasteiger partial charge in [-0.1, -0.05) is 30.3 Å². The van der Waals surface area contributed by atoms with Gasteiger partial charge in [-0.05, 0) is 51.0 Å². The Bertz CT molecular complexity index is 962. The topological polar surface area (TPSA) is 84.9 Å². The fourth-order valence-corrected chi connectivity index (χ4v) is 4.08. The van der Waals surface area contributed by atoms with E-state index in [1.165, 1.54) is 4.31 Å². The second kappa shape index (κ2) is 11.6. The quantitative estimate of drug-likeness (QED) is 0.537. The van der Waals surface area contributed by atoms with Crippen molar-refractivity contribution in [2.45, 2.75) is 39.7 Å². The minimum absolute atomic E-state index is 0.146. The number of benzene rings is 2. The lowest BCUT2D eigenvalue weighted by atomic mass is 10.2. The van der Waals surface area contributed by atoms with Crippen LogP contribution in [-0.2, 0) is 14.8 Å².